The van der Waals surface area contributed by atoms with Gasteiger partial charge in [-0.3, -0.25) is 0 Å². The molecular formula is C6H4FN2O2S+. The van der Waals surface area contributed by atoms with E-state index in [2.05, 4.69) is 4.98 Å². The molecular weight excluding hydrogens is 183 g/mol. The van der Waals surface area contributed by atoms with E-state index in [9.17, 15) is 12.3 Å². The Morgan fingerprint density at radius 2 is 1.92 bits per heavy atom. The highest BCUT2D eigenvalue weighted by atomic mass is 32.3. The summed E-state index contributed by atoms with van der Waals surface area (Å²) in [5.41, 5.74) is -0.306. The predicted molar refractivity (Wildman–Crippen MR) is 39.5 cm³/mol. The van der Waals surface area contributed by atoms with Crippen molar-refractivity contribution in [1.82, 2.24) is 0 Å². The molecule has 1 aromatic rings. The van der Waals surface area contributed by atoms with Crippen molar-refractivity contribution in [2.75, 3.05) is 0 Å². The Bertz CT molecular complexity index is 435. The number of hydrogen-bond donors (Lipinski definition) is 0. The second-order valence-corrected chi connectivity index (χ2v) is 3.32. The summed E-state index contributed by atoms with van der Waals surface area (Å²) in [6.07, 6.45) is 0. The average molecular weight is 187 g/mol. The number of rotatable bonds is 1. The van der Waals surface area contributed by atoms with E-state index < -0.39 is 15.1 Å². The fourth-order valence-corrected chi connectivity index (χ4v) is 1.35. The van der Waals surface area contributed by atoms with Crippen molar-refractivity contribution in [3.05, 3.63) is 29.2 Å². The van der Waals surface area contributed by atoms with Gasteiger partial charge in [0.15, 0.2) is 9.87 Å². The second kappa shape index (κ2) is 2.87. The van der Waals surface area contributed by atoms with E-state index in [0.29, 0.717) is 0 Å². The topological polar surface area (TPSA) is 62.3 Å². The first-order valence-corrected chi connectivity index (χ1v) is 4.33. The molecule has 0 fully saturated rings. The third-order valence-electron chi connectivity index (χ3n) is 1.24. The summed E-state index contributed by atoms with van der Waals surface area (Å²) in [7, 11) is -4.80. The Kier molecular flexibility index (Phi) is 2.06. The maximum atomic E-state index is 12.4. The van der Waals surface area contributed by atoms with Crippen molar-refractivity contribution in [2.45, 2.75) is 4.90 Å². The van der Waals surface area contributed by atoms with Crippen LogP contribution in [-0.4, -0.2) is 8.42 Å². The fourth-order valence-electron chi connectivity index (χ4n) is 0.746. The lowest BCUT2D eigenvalue weighted by Crippen LogP contribution is -1.90. The Hall–Kier alpha value is -1.48. The van der Waals surface area contributed by atoms with Crippen molar-refractivity contribution in [2.24, 2.45) is 0 Å². The van der Waals surface area contributed by atoms with E-state index in [1.54, 1.807) is 0 Å². The van der Waals surface area contributed by atoms with Crippen LogP contribution >= 0.6 is 0 Å². The zero-order chi connectivity index (χ0) is 9.19. The SMILES string of the molecule is N#[N+]c1ccccc1S(=O)(=O)F. The number of nitrogens with zero attached hydrogens (tertiary/aromatic N) is 2. The van der Waals surface area contributed by atoms with Gasteiger partial charge in [0.1, 0.15) is 0 Å². The predicted octanol–water partition coefficient (Wildman–Crippen LogP) is 1.83. The fraction of sp³-hybridized carbons (Fsp3) is 0. The Morgan fingerprint density at radius 1 is 1.33 bits per heavy atom. The molecule has 6 heteroatoms. The zero-order valence-corrected chi connectivity index (χ0v) is 6.62. The van der Waals surface area contributed by atoms with Crippen LogP contribution in [0.3, 0.4) is 0 Å². The van der Waals surface area contributed by atoms with Gasteiger partial charge in [-0.05, 0) is 6.07 Å². The van der Waals surface area contributed by atoms with Crippen molar-refractivity contribution in [1.29, 1.82) is 5.39 Å². The molecule has 0 heterocycles. The molecule has 0 radical (unpaired) electrons. The van der Waals surface area contributed by atoms with Gasteiger partial charge < -0.3 is 0 Å². The molecule has 0 amide bonds. The van der Waals surface area contributed by atoms with Crippen LogP contribution in [0, 0.1) is 5.39 Å². The largest absolute Gasteiger partial charge is 0.406 e. The van der Waals surface area contributed by atoms with E-state index in [0.717, 1.165) is 6.07 Å². The Morgan fingerprint density at radius 3 is 2.33 bits per heavy atom. The monoisotopic (exact) mass is 187 g/mol. The third kappa shape index (κ3) is 1.57. The minimum atomic E-state index is -4.80. The average Bonchev–Trinajstić information content (AvgIpc) is 2.03. The van der Waals surface area contributed by atoms with Crippen molar-refractivity contribution in [3.63, 3.8) is 0 Å². The first-order chi connectivity index (χ1) is 5.55. The molecule has 0 aliphatic carbocycles. The molecule has 4 nitrogen and oxygen atoms in total. The molecule has 0 aliphatic heterocycles. The van der Waals surface area contributed by atoms with Crippen LogP contribution in [0.15, 0.2) is 29.2 Å². The van der Waals surface area contributed by atoms with Crippen LogP contribution in [0.2, 0.25) is 0 Å². The maximum Gasteiger partial charge on any atom is 0.406 e. The van der Waals surface area contributed by atoms with Gasteiger partial charge in [-0.1, -0.05) is 12.1 Å². The first kappa shape index (κ1) is 8.62. The second-order valence-electron chi connectivity index (χ2n) is 2.01. The summed E-state index contributed by atoms with van der Waals surface area (Å²) in [5.74, 6) is 0. The molecule has 0 bridgehead atoms. The minimum absolute atomic E-state index is 0.306. The van der Waals surface area contributed by atoms with Gasteiger partial charge in [0.2, 0.25) is 5.39 Å². The summed E-state index contributed by atoms with van der Waals surface area (Å²) >= 11 is 0. The van der Waals surface area contributed by atoms with Crippen molar-refractivity contribution < 1.29 is 12.3 Å². The van der Waals surface area contributed by atoms with E-state index in [1.807, 2.05) is 0 Å². The zero-order valence-electron chi connectivity index (χ0n) is 5.81. The first-order valence-electron chi connectivity index (χ1n) is 2.94. The molecule has 1 aromatic carbocycles. The quantitative estimate of drug-likeness (QED) is 0.497. The lowest BCUT2D eigenvalue weighted by molar-refractivity contribution is 0.552. The van der Waals surface area contributed by atoms with Crippen molar-refractivity contribution >= 4 is 15.9 Å². The summed E-state index contributed by atoms with van der Waals surface area (Å²) in [6.45, 7) is 0. The van der Waals surface area contributed by atoms with Crippen LogP contribution in [0.4, 0.5) is 9.57 Å². The molecule has 0 saturated carbocycles. The van der Waals surface area contributed by atoms with Crippen molar-refractivity contribution in [3.8, 4) is 0 Å². The minimum Gasteiger partial charge on any atom is -0.189 e. The molecule has 0 aromatic heterocycles. The van der Waals surface area contributed by atoms with E-state index in [-0.39, 0.29) is 5.69 Å². The lowest BCUT2D eigenvalue weighted by Gasteiger charge is -1.87. The standard InChI is InChI=1S/C6H4FN2O2S/c7-12(10,11)6-4-2-1-3-5(6)9-8/h1-4H/q+1. The number of halogens is 1. The molecule has 12 heavy (non-hydrogen) atoms. The van der Waals surface area contributed by atoms with E-state index in [1.165, 1.54) is 18.2 Å². The highest BCUT2D eigenvalue weighted by Gasteiger charge is 2.24. The molecule has 0 aliphatic rings. The Balaban J connectivity index is 3.47. The van der Waals surface area contributed by atoms with Gasteiger partial charge >= 0.3 is 15.9 Å². The molecule has 0 unspecified atom stereocenters. The van der Waals surface area contributed by atoms with Crippen LogP contribution in [-0.2, 0) is 10.2 Å². The molecule has 62 valence electrons. The summed E-state index contributed by atoms with van der Waals surface area (Å²) in [4.78, 5) is 1.99. The molecule has 0 spiro atoms. The van der Waals surface area contributed by atoms with Gasteiger partial charge in [0.05, 0.1) is 0 Å². The third-order valence-corrected chi connectivity index (χ3v) is 2.11. The van der Waals surface area contributed by atoms with E-state index >= 15 is 0 Å². The smallest absolute Gasteiger partial charge is 0.189 e. The number of hydrogen-bond acceptors (Lipinski definition) is 3. The molecule has 0 N–H and O–H groups in total. The summed E-state index contributed by atoms with van der Waals surface area (Å²) in [6, 6.07) is 4.97. The van der Waals surface area contributed by atoms with Crippen LogP contribution in [0.25, 0.3) is 4.98 Å². The summed E-state index contributed by atoms with van der Waals surface area (Å²) < 4.78 is 33.1. The lowest BCUT2D eigenvalue weighted by atomic mass is 10.3. The van der Waals surface area contributed by atoms with Gasteiger partial charge in [-0.15, -0.1) is 3.89 Å². The van der Waals surface area contributed by atoms with Crippen LogP contribution < -0.4 is 0 Å². The molecule has 0 saturated heterocycles. The van der Waals surface area contributed by atoms with E-state index in [4.69, 9.17) is 5.39 Å². The van der Waals surface area contributed by atoms with Gasteiger partial charge in [0.25, 0.3) is 0 Å². The molecule has 0 atom stereocenters. The Labute approximate surface area is 68.5 Å². The number of benzene rings is 1. The highest BCUT2D eigenvalue weighted by molar-refractivity contribution is 7.86. The maximum absolute atomic E-state index is 12.4. The van der Waals surface area contributed by atoms with Gasteiger partial charge in [-0.2, -0.15) is 8.42 Å². The summed E-state index contributed by atoms with van der Waals surface area (Å²) in [5, 5.41) is 8.28. The van der Waals surface area contributed by atoms with Gasteiger partial charge in [0, 0.05) is 6.07 Å². The van der Waals surface area contributed by atoms with Crippen LogP contribution in [0.1, 0.15) is 0 Å². The number of diazo groups is 1. The van der Waals surface area contributed by atoms with Gasteiger partial charge in [-0.25, -0.2) is 0 Å². The molecule has 1 rings (SSSR count). The van der Waals surface area contributed by atoms with Crippen LogP contribution in [0.5, 0.6) is 0 Å². The normalized spacial score (nSPS) is 10.7. The highest BCUT2D eigenvalue weighted by Crippen LogP contribution is 2.24.